The molecule has 0 aliphatic rings. The molecule has 1 aromatic heterocycles. The molecule has 2 aromatic carbocycles. The fourth-order valence-corrected chi connectivity index (χ4v) is 3.10. The zero-order valence-corrected chi connectivity index (χ0v) is 15.9. The van der Waals surface area contributed by atoms with Crippen LogP contribution in [0.4, 0.5) is 5.69 Å². The number of aromatic nitrogens is 3. The second-order valence-corrected chi connectivity index (χ2v) is 7.20. The molecule has 8 heteroatoms. The Morgan fingerprint density at radius 3 is 2.58 bits per heavy atom. The summed E-state index contributed by atoms with van der Waals surface area (Å²) in [6.07, 6.45) is 0. The summed E-state index contributed by atoms with van der Waals surface area (Å²) in [5.74, 6) is 6.62. The van der Waals surface area contributed by atoms with Crippen LogP contribution in [0, 0.1) is 13.8 Å². The molecule has 6 nitrogen and oxygen atoms in total. The standard InChI is InChI=1S/C18H18ClN5OS/c1-11-3-8-15(9-12(11)2)21-16(25)10-26-18-23-22-17(24(18)20)13-4-6-14(19)7-5-13/h3-9H,10,20H2,1-2H3,(H,21,25). The van der Waals surface area contributed by atoms with Crippen LogP contribution in [0.25, 0.3) is 11.4 Å². The van der Waals surface area contributed by atoms with Crippen LogP contribution in [0.2, 0.25) is 5.02 Å². The monoisotopic (exact) mass is 387 g/mol. The molecular weight excluding hydrogens is 370 g/mol. The van der Waals surface area contributed by atoms with E-state index in [1.807, 2.05) is 44.2 Å². The second-order valence-electron chi connectivity index (χ2n) is 5.82. The third-order valence-electron chi connectivity index (χ3n) is 3.89. The van der Waals surface area contributed by atoms with E-state index in [-0.39, 0.29) is 11.7 Å². The lowest BCUT2D eigenvalue weighted by molar-refractivity contribution is -0.113. The zero-order valence-electron chi connectivity index (χ0n) is 14.4. The topological polar surface area (TPSA) is 85.8 Å². The average Bonchev–Trinajstić information content (AvgIpc) is 2.98. The van der Waals surface area contributed by atoms with Crippen LogP contribution in [-0.4, -0.2) is 26.5 Å². The van der Waals surface area contributed by atoms with Crippen molar-refractivity contribution in [1.29, 1.82) is 0 Å². The number of hydrogen-bond donors (Lipinski definition) is 2. The summed E-state index contributed by atoms with van der Waals surface area (Å²) < 4.78 is 1.37. The predicted molar refractivity (Wildman–Crippen MR) is 106 cm³/mol. The fraction of sp³-hybridized carbons (Fsp3) is 0.167. The lowest BCUT2D eigenvalue weighted by Gasteiger charge is -2.07. The first-order chi connectivity index (χ1) is 12.4. The van der Waals surface area contributed by atoms with E-state index in [0.29, 0.717) is 16.0 Å². The van der Waals surface area contributed by atoms with Crippen molar-refractivity contribution in [1.82, 2.24) is 14.9 Å². The molecule has 0 radical (unpaired) electrons. The maximum Gasteiger partial charge on any atom is 0.234 e. The molecule has 0 saturated heterocycles. The van der Waals surface area contributed by atoms with E-state index in [1.54, 1.807) is 12.1 Å². The lowest BCUT2D eigenvalue weighted by atomic mass is 10.1. The Bertz CT molecular complexity index is 939. The Morgan fingerprint density at radius 2 is 1.88 bits per heavy atom. The summed E-state index contributed by atoms with van der Waals surface area (Å²) >= 11 is 7.12. The molecule has 3 N–H and O–H groups in total. The van der Waals surface area contributed by atoms with Crippen LogP contribution in [0.1, 0.15) is 11.1 Å². The Kier molecular flexibility index (Phi) is 5.49. The quantitative estimate of drug-likeness (QED) is 0.515. The molecule has 3 rings (SSSR count). The highest BCUT2D eigenvalue weighted by molar-refractivity contribution is 7.99. The molecule has 1 amide bonds. The largest absolute Gasteiger partial charge is 0.335 e. The number of thioether (sulfide) groups is 1. The van der Waals surface area contributed by atoms with Crippen LogP contribution in [0.15, 0.2) is 47.6 Å². The Balaban J connectivity index is 1.63. The van der Waals surface area contributed by atoms with Gasteiger partial charge in [0.15, 0.2) is 5.82 Å². The lowest BCUT2D eigenvalue weighted by Crippen LogP contribution is -2.16. The summed E-state index contributed by atoms with van der Waals surface area (Å²) in [6, 6.07) is 13.0. The first-order valence-electron chi connectivity index (χ1n) is 7.90. The summed E-state index contributed by atoms with van der Waals surface area (Å²) in [5, 5.41) is 12.1. The SMILES string of the molecule is Cc1ccc(NC(=O)CSc2nnc(-c3ccc(Cl)cc3)n2N)cc1C. The van der Waals surface area contributed by atoms with Gasteiger partial charge in [0.1, 0.15) is 0 Å². The van der Waals surface area contributed by atoms with E-state index in [4.69, 9.17) is 17.4 Å². The van der Waals surface area contributed by atoms with E-state index >= 15 is 0 Å². The number of aryl methyl sites for hydroxylation is 2. The number of halogens is 1. The highest BCUT2D eigenvalue weighted by Crippen LogP contribution is 2.23. The molecule has 0 aliphatic heterocycles. The number of nitrogens with zero attached hydrogens (tertiary/aromatic N) is 3. The molecule has 0 fully saturated rings. The minimum absolute atomic E-state index is 0.130. The number of nitrogens with one attached hydrogen (secondary N) is 1. The molecule has 134 valence electrons. The summed E-state index contributed by atoms with van der Waals surface area (Å²) in [6.45, 7) is 4.04. The van der Waals surface area contributed by atoms with Crippen LogP contribution >= 0.6 is 23.4 Å². The zero-order chi connectivity index (χ0) is 18.7. The van der Waals surface area contributed by atoms with Gasteiger partial charge in [0.25, 0.3) is 0 Å². The van der Waals surface area contributed by atoms with Crippen LogP contribution in [0.3, 0.4) is 0 Å². The molecule has 0 bridgehead atoms. The van der Waals surface area contributed by atoms with Crippen molar-refractivity contribution in [2.24, 2.45) is 0 Å². The number of carbonyl (C=O) groups is 1. The van der Waals surface area contributed by atoms with Gasteiger partial charge >= 0.3 is 0 Å². The number of nitrogens with two attached hydrogens (primary N) is 1. The van der Waals surface area contributed by atoms with Crippen molar-refractivity contribution in [3.8, 4) is 11.4 Å². The molecular formula is C18H18ClN5OS. The number of carbonyl (C=O) groups excluding carboxylic acids is 1. The summed E-state index contributed by atoms with van der Waals surface area (Å²) in [5.41, 5.74) is 3.89. The van der Waals surface area contributed by atoms with Crippen molar-refractivity contribution >= 4 is 35.0 Å². The van der Waals surface area contributed by atoms with Gasteiger partial charge < -0.3 is 11.2 Å². The fourth-order valence-electron chi connectivity index (χ4n) is 2.32. The van der Waals surface area contributed by atoms with Gasteiger partial charge in [-0.1, -0.05) is 29.4 Å². The first-order valence-corrected chi connectivity index (χ1v) is 9.27. The molecule has 1 heterocycles. The number of anilines is 1. The number of benzene rings is 2. The number of nitrogen functional groups attached to an aromatic ring is 1. The Morgan fingerprint density at radius 1 is 1.15 bits per heavy atom. The highest BCUT2D eigenvalue weighted by atomic mass is 35.5. The first kappa shape index (κ1) is 18.3. The van der Waals surface area contributed by atoms with Crippen molar-refractivity contribution in [2.75, 3.05) is 16.9 Å². The number of hydrogen-bond acceptors (Lipinski definition) is 5. The molecule has 0 unspecified atom stereocenters. The van der Waals surface area contributed by atoms with Crippen molar-refractivity contribution < 1.29 is 4.79 Å². The van der Waals surface area contributed by atoms with Gasteiger partial charge in [-0.2, -0.15) is 0 Å². The van der Waals surface area contributed by atoms with Gasteiger partial charge in [-0.25, -0.2) is 4.68 Å². The van der Waals surface area contributed by atoms with Gasteiger partial charge in [0.05, 0.1) is 5.75 Å². The third-order valence-corrected chi connectivity index (χ3v) is 5.09. The Labute approximate surface area is 160 Å². The maximum atomic E-state index is 12.2. The van der Waals surface area contributed by atoms with Crippen LogP contribution < -0.4 is 11.2 Å². The summed E-state index contributed by atoms with van der Waals surface area (Å²) in [4.78, 5) is 12.2. The predicted octanol–water partition coefficient (Wildman–Crippen LogP) is 3.66. The van der Waals surface area contributed by atoms with Gasteiger partial charge in [-0.05, 0) is 61.4 Å². The van der Waals surface area contributed by atoms with Crippen molar-refractivity contribution in [3.05, 3.63) is 58.6 Å². The van der Waals surface area contributed by atoms with Crippen LogP contribution in [0.5, 0.6) is 0 Å². The van der Waals surface area contributed by atoms with Crippen LogP contribution in [-0.2, 0) is 4.79 Å². The van der Waals surface area contributed by atoms with Gasteiger partial charge in [-0.15, -0.1) is 10.2 Å². The normalized spacial score (nSPS) is 10.7. The van der Waals surface area contributed by atoms with Gasteiger partial charge in [0.2, 0.25) is 11.1 Å². The van der Waals surface area contributed by atoms with Crippen molar-refractivity contribution in [3.63, 3.8) is 0 Å². The molecule has 0 atom stereocenters. The van der Waals surface area contributed by atoms with E-state index in [1.165, 1.54) is 22.0 Å². The highest BCUT2D eigenvalue weighted by Gasteiger charge is 2.14. The van der Waals surface area contributed by atoms with Gasteiger partial charge in [-0.3, -0.25) is 4.79 Å². The minimum atomic E-state index is -0.130. The number of amides is 1. The number of rotatable bonds is 5. The Hall–Kier alpha value is -2.51. The maximum absolute atomic E-state index is 12.2. The van der Waals surface area contributed by atoms with E-state index in [0.717, 1.165) is 16.8 Å². The van der Waals surface area contributed by atoms with E-state index in [2.05, 4.69) is 15.5 Å². The van der Waals surface area contributed by atoms with E-state index in [9.17, 15) is 4.79 Å². The molecule has 0 saturated carbocycles. The summed E-state index contributed by atoms with van der Waals surface area (Å²) in [7, 11) is 0. The smallest absolute Gasteiger partial charge is 0.234 e. The molecule has 0 spiro atoms. The van der Waals surface area contributed by atoms with Gasteiger partial charge in [0, 0.05) is 16.3 Å². The third kappa shape index (κ3) is 4.17. The molecule has 26 heavy (non-hydrogen) atoms. The van der Waals surface area contributed by atoms with E-state index < -0.39 is 0 Å². The molecule has 0 aliphatic carbocycles. The van der Waals surface area contributed by atoms with Crippen molar-refractivity contribution in [2.45, 2.75) is 19.0 Å². The minimum Gasteiger partial charge on any atom is -0.335 e. The average molecular weight is 388 g/mol. The molecule has 3 aromatic rings. The second kappa shape index (κ2) is 7.80.